The second-order valence-electron chi connectivity index (χ2n) is 2.78. The highest BCUT2D eigenvalue weighted by Gasteiger charge is 2.16. The fraction of sp³-hybridized carbons (Fsp3) is 0.250. The molecule has 0 bridgehead atoms. The van der Waals surface area contributed by atoms with Crippen LogP contribution >= 0.6 is 11.6 Å². The van der Waals surface area contributed by atoms with E-state index in [4.69, 9.17) is 16.9 Å². The number of hydrogen-bond acceptors (Lipinski definition) is 5. The Balaban J connectivity index is 3.08. The molecule has 0 aliphatic heterocycles. The molecule has 1 aromatic heterocycles. The molecule has 1 rings (SSSR count). The van der Waals surface area contributed by atoms with Crippen LogP contribution in [0.25, 0.3) is 0 Å². The molecular weight excluding hydrogens is 220 g/mol. The molecule has 0 amide bonds. The number of nitriles is 1. The van der Waals surface area contributed by atoms with Gasteiger partial charge in [-0.15, -0.1) is 0 Å². The Morgan fingerprint density at radius 1 is 1.80 bits per heavy atom. The Morgan fingerprint density at radius 2 is 2.47 bits per heavy atom. The third-order valence-corrected chi connectivity index (χ3v) is 1.82. The van der Waals surface area contributed by atoms with Crippen molar-refractivity contribution in [1.82, 2.24) is 4.98 Å². The van der Waals surface area contributed by atoms with Crippen molar-refractivity contribution in [3.63, 3.8) is 0 Å². The minimum Gasteiger partial charge on any atom is -0.364 e. The van der Waals surface area contributed by atoms with Gasteiger partial charge in [0, 0.05) is 6.07 Å². The normalized spacial score (nSPS) is 11.5. The fourth-order valence-electron chi connectivity index (χ4n) is 0.949. The molecule has 0 saturated carbocycles. The first-order chi connectivity index (χ1) is 7.04. The molecule has 15 heavy (non-hydrogen) atoms. The summed E-state index contributed by atoms with van der Waals surface area (Å²) >= 11 is 5.59. The van der Waals surface area contributed by atoms with E-state index in [0.29, 0.717) is 0 Å². The van der Waals surface area contributed by atoms with Gasteiger partial charge in [0.1, 0.15) is 23.1 Å². The number of rotatable bonds is 3. The summed E-state index contributed by atoms with van der Waals surface area (Å²) in [6.07, 6.45) is 1.05. The van der Waals surface area contributed by atoms with Gasteiger partial charge in [-0.1, -0.05) is 11.6 Å². The van der Waals surface area contributed by atoms with Gasteiger partial charge in [-0.05, 0) is 6.92 Å². The summed E-state index contributed by atoms with van der Waals surface area (Å²) in [5.41, 5.74) is -0.0180. The number of nitro groups is 1. The van der Waals surface area contributed by atoms with E-state index in [9.17, 15) is 10.1 Å². The summed E-state index contributed by atoms with van der Waals surface area (Å²) in [4.78, 5) is 13.6. The van der Waals surface area contributed by atoms with Crippen LogP contribution in [0.3, 0.4) is 0 Å². The predicted octanol–water partition coefficient (Wildman–Crippen LogP) is 1.97. The first kappa shape index (κ1) is 11.2. The summed E-state index contributed by atoms with van der Waals surface area (Å²) in [6.45, 7) is 1.58. The number of nitrogens with one attached hydrogen (secondary N) is 1. The topological polar surface area (TPSA) is 91.8 Å². The predicted molar refractivity (Wildman–Crippen MR) is 54.6 cm³/mol. The van der Waals surface area contributed by atoms with Crippen molar-refractivity contribution in [3.8, 4) is 6.07 Å². The SMILES string of the molecule is CC(C#N)Nc1cc(Cl)ncc1[N+](=O)[O-]. The molecule has 6 nitrogen and oxygen atoms in total. The van der Waals surface area contributed by atoms with Gasteiger partial charge in [0.2, 0.25) is 0 Å². The van der Waals surface area contributed by atoms with Crippen LogP contribution in [-0.4, -0.2) is 15.9 Å². The van der Waals surface area contributed by atoms with E-state index in [2.05, 4.69) is 10.3 Å². The molecule has 0 saturated heterocycles. The largest absolute Gasteiger partial charge is 0.364 e. The maximum Gasteiger partial charge on any atom is 0.310 e. The van der Waals surface area contributed by atoms with E-state index in [0.717, 1.165) is 6.20 Å². The second kappa shape index (κ2) is 4.57. The van der Waals surface area contributed by atoms with Crippen LogP contribution in [0.1, 0.15) is 6.92 Å². The van der Waals surface area contributed by atoms with Crippen LogP contribution in [0.2, 0.25) is 5.15 Å². The lowest BCUT2D eigenvalue weighted by atomic mass is 10.3. The van der Waals surface area contributed by atoms with Crippen LogP contribution in [0.5, 0.6) is 0 Å². The van der Waals surface area contributed by atoms with Crippen molar-refractivity contribution < 1.29 is 4.92 Å². The van der Waals surface area contributed by atoms with Gasteiger partial charge in [-0.25, -0.2) is 4.98 Å². The molecule has 0 aliphatic carbocycles. The Hall–Kier alpha value is -1.87. The van der Waals surface area contributed by atoms with Gasteiger partial charge < -0.3 is 5.32 Å². The molecule has 0 fully saturated rings. The van der Waals surface area contributed by atoms with Crippen LogP contribution in [0, 0.1) is 21.4 Å². The van der Waals surface area contributed by atoms with E-state index in [-0.39, 0.29) is 16.5 Å². The number of anilines is 1. The first-order valence-corrected chi connectivity index (χ1v) is 4.38. The van der Waals surface area contributed by atoms with Crippen LogP contribution in [0.15, 0.2) is 12.3 Å². The Kier molecular flexibility index (Phi) is 3.42. The molecular formula is C8H7ClN4O2. The molecule has 7 heteroatoms. The van der Waals surface area contributed by atoms with Crippen LogP contribution < -0.4 is 5.32 Å². The van der Waals surface area contributed by atoms with Gasteiger partial charge in [0.05, 0.1) is 11.0 Å². The molecule has 0 aliphatic rings. The lowest BCUT2D eigenvalue weighted by Gasteiger charge is -2.07. The van der Waals surface area contributed by atoms with Crippen molar-refractivity contribution in [3.05, 3.63) is 27.5 Å². The van der Waals surface area contributed by atoms with Crippen LogP contribution in [0.4, 0.5) is 11.4 Å². The van der Waals surface area contributed by atoms with E-state index < -0.39 is 11.0 Å². The summed E-state index contributed by atoms with van der Waals surface area (Å²) in [5, 5.41) is 22.0. The highest BCUT2D eigenvalue weighted by Crippen LogP contribution is 2.25. The molecule has 1 aromatic rings. The van der Waals surface area contributed by atoms with Crippen molar-refractivity contribution in [2.24, 2.45) is 0 Å². The number of halogens is 1. The van der Waals surface area contributed by atoms with Crippen molar-refractivity contribution in [2.75, 3.05) is 5.32 Å². The molecule has 78 valence electrons. The zero-order valence-electron chi connectivity index (χ0n) is 7.77. The number of hydrogen-bond donors (Lipinski definition) is 1. The summed E-state index contributed by atoms with van der Waals surface area (Å²) in [5.74, 6) is 0. The third-order valence-electron chi connectivity index (χ3n) is 1.61. The van der Waals surface area contributed by atoms with E-state index in [1.807, 2.05) is 6.07 Å². The average molecular weight is 227 g/mol. The Bertz CT molecular complexity index is 429. The maximum atomic E-state index is 10.6. The van der Waals surface area contributed by atoms with E-state index in [1.54, 1.807) is 6.92 Å². The smallest absolute Gasteiger partial charge is 0.310 e. The number of pyridine rings is 1. The van der Waals surface area contributed by atoms with Gasteiger partial charge in [-0.3, -0.25) is 10.1 Å². The van der Waals surface area contributed by atoms with Gasteiger partial charge >= 0.3 is 5.69 Å². The van der Waals surface area contributed by atoms with Gasteiger partial charge in [0.25, 0.3) is 0 Å². The highest BCUT2D eigenvalue weighted by molar-refractivity contribution is 6.29. The molecule has 1 unspecified atom stereocenters. The summed E-state index contributed by atoms with van der Waals surface area (Å²) < 4.78 is 0. The van der Waals surface area contributed by atoms with Gasteiger partial charge in [-0.2, -0.15) is 5.26 Å². The first-order valence-electron chi connectivity index (χ1n) is 4.00. The lowest BCUT2D eigenvalue weighted by Crippen LogP contribution is -2.13. The average Bonchev–Trinajstić information content (AvgIpc) is 2.17. The summed E-state index contributed by atoms with van der Waals surface area (Å²) in [7, 11) is 0. The Labute approximate surface area is 90.6 Å². The zero-order valence-corrected chi connectivity index (χ0v) is 8.52. The number of aromatic nitrogens is 1. The van der Waals surface area contributed by atoms with Crippen molar-refractivity contribution >= 4 is 23.0 Å². The second-order valence-corrected chi connectivity index (χ2v) is 3.16. The van der Waals surface area contributed by atoms with E-state index in [1.165, 1.54) is 6.07 Å². The zero-order chi connectivity index (χ0) is 11.4. The molecule has 0 spiro atoms. The minimum atomic E-state index is -0.588. The molecule has 1 atom stereocenters. The highest BCUT2D eigenvalue weighted by atomic mass is 35.5. The Morgan fingerprint density at radius 3 is 3.00 bits per heavy atom. The standard InChI is InChI=1S/C8H7ClN4O2/c1-5(3-10)12-6-2-8(9)11-4-7(6)13(14)15/h2,4-5H,1H3,(H,11,12). The quantitative estimate of drug-likeness (QED) is 0.483. The molecule has 1 N–H and O–H groups in total. The number of nitrogens with zero attached hydrogens (tertiary/aromatic N) is 3. The molecule has 0 radical (unpaired) electrons. The minimum absolute atomic E-state index is 0.133. The summed E-state index contributed by atoms with van der Waals surface area (Å²) in [6, 6.07) is 2.68. The maximum absolute atomic E-state index is 10.6. The monoisotopic (exact) mass is 226 g/mol. The fourth-order valence-corrected chi connectivity index (χ4v) is 1.11. The molecule has 1 heterocycles. The van der Waals surface area contributed by atoms with Crippen molar-refractivity contribution in [2.45, 2.75) is 13.0 Å². The third kappa shape index (κ3) is 2.79. The van der Waals surface area contributed by atoms with Crippen LogP contribution in [-0.2, 0) is 0 Å². The molecule has 0 aromatic carbocycles. The lowest BCUT2D eigenvalue weighted by molar-refractivity contribution is -0.384. The van der Waals surface area contributed by atoms with E-state index >= 15 is 0 Å². The van der Waals surface area contributed by atoms with Crippen molar-refractivity contribution in [1.29, 1.82) is 5.26 Å². The van der Waals surface area contributed by atoms with Gasteiger partial charge in [0.15, 0.2) is 0 Å².